The first-order valence-electron chi connectivity index (χ1n) is 3.01. The molecule has 4 nitrogen and oxygen atoms in total. The second-order valence-electron chi connectivity index (χ2n) is 1.93. The first kappa shape index (κ1) is 9.68. The Morgan fingerprint density at radius 1 is 1.80 bits per heavy atom. The van der Waals surface area contributed by atoms with Crippen molar-refractivity contribution in [3.8, 4) is 0 Å². The molecule has 0 aromatic heterocycles. The van der Waals surface area contributed by atoms with Gasteiger partial charge in [-0.05, 0) is 31.2 Å². The Labute approximate surface area is 64.5 Å². The smallest absolute Gasteiger partial charge is 0.321 e. The van der Waals surface area contributed by atoms with Crippen LogP contribution in [0.3, 0.4) is 0 Å². The first-order valence-corrected chi connectivity index (χ1v) is 3.39. The standard InChI is InChI=1S/C5H11ClN2O2/c6-8-4(5(9)10)2-1-3-7/h4,8H,1-3,7H2,(H,9,10)/t4-/m1/s1. The zero-order chi connectivity index (χ0) is 7.98. The maximum Gasteiger partial charge on any atom is 0.321 e. The van der Waals surface area contributed by atoms with Crippen molar-refractivity contribution in [3.63, 3.8) is 0 Å². The summed E-state index contributed by atoms with van der Waals surface area (Å²) in [5.41, 5.74) is 5.17. The fourth-order valence-electron chi connectivity index (χ4n) is 0.547. The van der Waals surface area contributed by atoms with Gasteiger partial charge in [-0.15, -0.1) is 0 Å². The van der Waals surface area contributed by atoms with E-state index in [1.165, 1.54) is 0 Å². The third-order valence-electron chi connectivity index (χ3n) is 1.13. The lowest BCUT2D eigenvalue weighted by molar-refractivity contribution is -0.139. The molecule has 0 radical (unpaired) electrons. The second kappa shape index (κ2) is 5.46. The van der Waals surface area contributed by atoms with Gasteiger partial charge in [0.05, 0.1) is 0 Å². The van der Waals surface area contributed by atoms with Crippen LogP contribution in [0.4, 0.5) is 0 Å². The van der Waals surface area contributed by atoms with Crippen LogP contribution in [0.2, 0.25) is 0 Å². The van der Waals surface area contributed by atoms with Crippen molar-refractivity contribution in [3.05, 3.63) is 0 Å². The van der Waals surface area contributed by atoms with E-state index >= 15 is 0 Å². The quantitative estimate of drug-likeness (QED) is 0.500. The van der Waals surface area contributed by atoms with Gasteiger partial charge >= 0.3 is 5.97 Å². The number of carboxylic acids is 1. The van der Waals surface area contributed by atoms with Gasteiger partial charge in [0, 0.05) is 0 Å². The molecule has 0 aliphatic rings. The fraction of sp³-hybridized carbons (Fsp3) is 0.800. The Morgan fingerprint density at radius 3 is 2.70 bits per heavy atom. The van der Waals surface area contributed by atoms with Gasteiger partial charge in [-0.1, -0.05) is 0 Å². The Morgan fingerprint density at radius 2 is 2.40 bits per heavy atom. The second-order valence-corrected chi connectivity index (χ2v) is 2.15. The third kappa shape index (κ3) is 3.66. The Bertz CT molecular complexity index is 110. The highest BCUT2D eigenvalue weighted by molar-refractivity contribution is 6.14. The highest BCUT2D eigenvalue weighted by atomic mass is 35.5. The van der Waals surface area contributed by atoms with E-state index in [4.69, 9.17) is 22.6 Å². The Hall–Kier alpha value is -0.320. The molecule has 5 heteroatoms. The van der Waals surface area contributed by atoms with E-state index in [9.17, 15) is 4.79 Å². The summed E-state index contributed by atoms with van der Waals surface area (Å²) in [6, 6.07) is -0.676. The van der Waals surface area contributed by atoms with Crippen molar-refractivity contribution in [2.24, 2.45) is 5.73 Å². The number of rotatable bonds is 5. The number of halogens is 1. The van der Waals surface area contributed by atoms with E-state index in [2.05, 4.69) is 4.84 Å². The van der Waals surface area contributed by atoms with Crippen molar-refractivity contribution in [1.29, 1.82) is 0 Å². The SMILES string of the molecule is NCCC[C@@H](NCl)C(=O)O. The van der Waals surface area contributed by atoms with Gasteiger partial charge in [0.25, 0.3) is 0 Å². The lowest BCUT2D eigenvalue weighted by atomic mass is 10.2. The zero-order valence-corrected chi connectivity index (χ0v) is 6.27. The molecule has 0 aromatic rings. The Kier molecular flexibility index (Phi) is 5.29. The molecule has 0 fully saturated rings. The Balaban J connectivity index is 3.50. The van der Waals surface area contributed by atoms with Gasteiger partial charge in [0.15, 0.2) is 0 Å². The van der Waals surface area contributed by atoms with Crippen molar-refractivity contribution in [2.45, 2.75) is 18.9 Å². The molecule has 1 atom stereocenters. The van der Waals surface area contributed by atoms with E-state index in [0.29, 0.717) is 19.4 Å². The summed E-state index contributed by atoms with van der Waals surface area (Å²) in [5.74, 6) is -0.941. The van der Waals surface area contributed by atoms with Crippen molar-refractivity contribution in [1.82, 2.24) is 4.84 Å². The number of nitrogens with one attached hydrogen (secondary N) is 1. The topological polar surface area (TPSA) is 75.3 Å². The number of aliphatic carboxylic acids is 1. The van der Waals surface area contributed by atoms with Crippen LogP contribution in [-0.2, 0) is 4.79 Å². The van der Waals surface area contributed by atoms with Crippen LogP contribution >= 0.6 is 11.8 Å². The molecular weight excluding hydrogens is 156 g/mol. The first-order chi connectivity index (χ1) is 4.72. The number of nitrogens with two attached hydrogens (primary N) is 1. The molecule has 0 unspecified atom stereocenters. The predicted molar refractivity (Wildman–Crippen MR) is 38.7 cm³/mol. The minimum absolute atomic E-state index is 0.468. The molecule has 0 spiro atoms. The molecule has 0 saturated carbocycles. The molecule has 0 aliphatic heterocycles. The summed E-state index contributed by atoms with van der Waals surface area (Å²) in [7, 11) is 0. The minimum Gasteiger partial charge on any atom is -0.480 e. The molecule has 0 bridgehead atoms. The van der Waals surface area contributed by atoms with Crippen LogP contribution in [0, 0.1) is 0 Å². The number of hydrogen-bond acceptors (Lipinski definition) is 3. The number of carbonyl (C=O) groups is 1. The van der Waals surface area contributed by atoms with Crippen LogP contribution in [0.1, 0.15) is 12.8 Å². The molecule has 0 heterocycles. The summed E-state index contributed by atoms with van der Waals surface area (Å²) in [6.45, 7) is 0.488. The van der Waals surface area contributed by atoms with E-state index in [1.54, 1.807) is 0 Å². The molecular formula is C5H11ClN2O2. The minimum atomic E-state index is -0.941. The fourth-order valence-corrected chi connectivity index (χ4v) is 0.749. The lowest BCUT2D eigenvalue weighted by Crippen LogP contribution is -2.30. The number of hydrogen-bond donors (Lipinski definition) is 3. The summed E-state index contributed by atoms with van der Waals surface area (Å²) in [4.78, 5) is 12.4. The molecule has 0 aliphatic carbocycles. The van der Waals surface area contributed by atoms with E-state index in [1.807, 2.05) is 0 Å². The molecule has 0 saturated heterocycles. The van der Waals surface area contributed by atoms with Crippen LogP contribution in [0.25, 0.3) is 0 Å². The highest BCUT2D eigenvalue weighted by Crippen LogP contribution is 1.96. The van der Waals surface area contributed by atoms with Gasteiger partial charge in [0.2, 0.25) is 0 Å². The van der Waals surface area contributed by atoms with Crippen LogP contribution in [-0.4, -0.2) is 23.7 Å². The molecule has 4 N–H and O–H groups in total. The normalized spacial score (nSPS) is 13.0. The summed E-state index contributed by atoms with van der Waals surface area (Å²) < 4.78 is 0. The third-order valence-corrected chi connectivity index (χ3v) is 1.39. The summed E-state index contributed by atoms with van der Waals surface area (Å²) in [6.07, 6.45) is 1.13. The summed E-state index contributed by atoms with van der Waals surface area (Å²) >= 11 is 5.13. The predicted octanol–water partition coefficient (Wildman–Crippen LogP) is -0.0781. The van der Waals surface area contributed by atoms with E-state index in [0.717, 1.165) is 0 Å². The van der Waals surface area contributed by atoms with Gasteiger partial charge in [-0.2, -0.15) is 0 Å². The molecule has 0 amide bonds. The molecule has 0 aromatic carbocycles. The van der Waals surface area contributed by atoms with Gasteiger partial charge in [-0.25, -0.2) is 4.84 Å². The van der Waals surface area contributed by atoms with E-state index in [-0.39, 0.29) is 0 Å². The monoisotopic (exact) mass is 166 g/mol. The molecule has 60 valence electrons. The lowest BCUT2D eigenvalue weighted by Gasteiger charge is -2.06. The summed E-state index contributed by atoms with van der Waals surface area (Å²) in [5, 5.41) is 8.41. The van der Waals surface area contributed by atoms with Crippen LogP contribution in [0.15, 0.2) is 0 Å². The average molecular weight is 167 g/mol. The van der Waals surface area contributed by atoms with Crippen molar-refractivity contribution in [2.75, 3.05) is 6.54 Å². The van der Waals surface area contributed by atoms with Crippen molar-refractivity contribution < 1.29 is 9.90 Å². The van der Waals surface area contributed by atoms with Gasteiger partial charge in [-0.3, -0.25) is 4.79 Å². The molecule has 0 rings (SSSR count). The van der Waals surface area contributed by atoms with Gasteiger partial charge < -0.3 is 10.8 Å². The van der Waals surface area contributed by atoms with E-state index < -0.39 is 12.0 Å². The molecule has 10 heavy (non-hydrogen) atoms. The maximum atomic E-state index is 10.2. The van der Waals surface area contributed by atoms with Crippen LogP contribution < -0.4 is 10.6 Å². The maximum absolute atomic E-state index is 10.2. The van der Waals surface area contributed by atoms with Crippen molar-refractivity contribution >= 4 is 17.7 Å². The van der Waals surface area contributed by atoms with Crippen LogP contribution in [0.5, 0.6) is 0 Å². The largest absolute Gasteiger partial charge is 0.480 e. The zero-order valence-electron chi connectivity index (χ0n) is 5.51. The average Bonchev–Trinajstić information content (AvgIpc) is 1.89. The highest BCUT2D eigenvalue weighted by Gasteiger charge is 2.13. The number of carboxylic acid groups (broad SMARTS) is 1. The van der Waals surface area contributed by atoms with Gasteiger partial charge in [0.1, 0.15) is 6.04 Å².